The summed E-state index contributed by atoms with van der Waals surface area (Å²) in [5.41, 5.74) is 3.77. The van der Waals surface area contributed by atoms with Gasteiger partial charge < -0.3 is 9.47 Å². The Morgan fingerprint density at radius 1 is 1.20 bits per heavy atom. The zero-order chi connectivity index (χ0) is 18.0. The predicted octanol–water partition coefficient (Wildman–Crippen LogP) is 5.31. The fourth-order valence-electron chi connectivity index (χ4n) is 3.21. The highest BCUT2D eigenvalue weighted by atomic mass is 35.5. The quantitative estimate of drug-likeness (QED) is 0.550. The van der Waals surface area contributed by atoms with Crippen LogP contribution in [0.15, 0.2) is 48.5 Å². The van der Waals surface area contributed by atoms with E-state index in [0.29, 0.717) is 16.5 Å². The Hall–Kier alpha value is -2.26. The number of benzene rings is 2. The first-order valence-electron chi connectivity index (χ1n) is 8.25. The van der Waals surface area contributed by atoms with Crippen molar-refractivity contribution in [1.29, 1.82) is 0 Å². The minimum Gasteiger partial charge on any atom is -0.480 e. The lowest BCUT2D eigenvalue weighted by Crippen LogP contribution is -2.19. The topological polar surface area (TPSA) is 35.5 Å². The van der Waals surface area contributed by atoms with E-state index in [-0.39, 0.29) is 12.0 Å². The number of carbonyl (C=O) groups excluding carboxylic acids is 1. The Balaban J connectivity index is 1.67. The maximum atomic E-state index is 12.0. The molecule has 0 heterocycles. The van der Waals surface area contributed by atoms with Crippen LogP contribution in [0.5, 0.6) is 11.5 Å². The molecular weight excluding hydrogens is 336 g/mol. The van der Waals surface area contributed by atoms with Crippen LogP contribution in [0.4, 0.5) is 0 Å². The van der Waals surface area contributed by atoms with Gasteiger partial charge in [-0.05, 0) is 59.7 Å². The van der Waals surface area contributed by atoms with Gasteiger partial charge in [-0.2, -0.15) is 0 Å². The predicted molar refractivity (Wildman–Crippen MR) is 100 cm³/mol. The minimum absolute atomic E-state index is 0.151. The second kappa shape index (κ2) is 6.93. The summed E-state index contributed by atoms with van der Waals surface area (Å²) in [6.45, 7) is 6.34. The molecule has 2 aromatic carbocycles. The first-order chi connectivity index (χ1) is 11.8. The van der Waals surface area contributed by atoms with E-state index in [1.807, 2.05) is 18.2 Å². The fourth-order valence-corrected chi connectivity index (χ4v) is 3.40. The van der Waals surface area contributed by atoms with Gasteiger partial charge in [0.2, 0.25) is 0 Å². The molecule has 0 bridgehead atoms. The number of para-hydroxylation sites is 1. The molecule has 0 N–H and O–H groups in total. The third-order valence-electron chi connectivity index (χ3n) is 4.17. The minimum atomic E-state index is -0.461. The smallest absolute Gasteiger partial charge is 0.349 e. The number of allylic oxidation sites excluding steroid dienone is 2. The van der Waals surface area contributed by atoms with Gasteiger partial charge in [-0.3, -0.25) is 0 Å². The summed E-state index contributed by atoms with van der Waals surface area (Å²) in [5.74, 6) is 0.532. The lowest BCUT2D eigenvalue weighted by Gasteiger charge is -2.29. The van der Waals surface area contributed by atoms with Crippen LogP contribution in [-0.2, 0) is 11.2 Å². The van der Waals surface area contributed by atoms with E-state index in [1.165, 1.54) is 11.1 Å². The summed E-state index contributed by atoms with van der Waals surface area (Å²) in [5, 5.41) is 0.465. The Morgan fingerprint density at radius 3 is 2.72 bits per heavy atom. The van der Waals surface area contributed by atoms with Crippen LogP contribution in [0.3, 0.4) is 0 Å². The SMILES string of the molecule is CC1=CC(C)(C)Cc2ccc(OC(=O)COc3ccccc3Cl)cc21. The maximum Gasteiger partial charge on any atom is 0.349 e. The molecule has 0 spiro atoms. The monoisotopic (exact) mass is 356 g/mol. The van der Waals surface area contributed by atoms with Gasteiger partial charge >= 0.3 is 5.97 Å². The zero-order valence-electron chi connectivity index (χ0n) is 14.6. The van der Waals surface area contributed by atoms with E-state index in [9.17, 15) is 4.79 Å². The van der Waals surface area contributed by atoms with Gasteiger partial charge in [0.1, 0.15) is 11.5 Å². The summed E-state index contributed by atoms with van der Waals surface area (Å²) in [6, 6.07) is 12.8. The number of halogens is 1. The average molecular weight is 357 g/mol. The molecule has 1 aliphatic carbocycles. The van der Waals surface area contributed by atoms with Crippen LogP contribution in [0, 0.1) is 5.41 Å². The van der Waals surface area contributed by atoms with Gasteiger partial charge in [0.15, 0.2) is 6.61 Å². The normalized spacial score (nSPS) is 15.1. The Morgan fingerprint density at radius 2 is 1.96 bits per heavy atom. The van der Waals surface area contributed by atoms with E-state index in [4.69, 9.17) is 21.1 Å². The number of ether oxygens (including phenoxy) is 2. The molecule has 3 nitrogen and oxygen atoms in total. The van der Waals surface area contributed by atoms with Crippen molar-refractivity contribution in [3.8, 4) is 11.5 Å². The standard InChI is InChI=1S/C21H21ClO3/c1-14-11-21(2,3)12-15-8-9-16(10-17(14)15)25-20(23)13-24-19-7-5-4-6-18(19)22/h4-11H,12-13H2,1-3H3. The first kappa shape index (κ1) is 17.6. The summed E-state index contributed by atoms with van der Waals surface area (Å²) in [7, 11) is 0. The highest BCUT2D eigenvalue weighted by Crippen LogP contribution is 2.37. The molecule has 0 amide bonds. The highest BCUT2D eigenvalue weighted by Gasteiger charge is 2.24. The van der Waals surface area contributed by atoms with Crippen molar-refractivity contribution < 1.29 is 14.3 Å². The summed E-state index contributed by atoms with van der Waals surface area (Å²) in [6.07, 6.45) is 3.24. The third-order valence-corrected chi connectivity index (χ3v) is 4.49. The zero-order valence-corrected chi connectivity index (χ0v) is 15.4. The largest absolute Gasteiger partial charge is 0.480 e. The van der Waals surface area contributed by atoms with Crippen LogP contribution < -0.4 is 9.47 Å². The summed E-state index contributed by atoms with van der Waals surface area (Å²) >= 11 is 6.00. The molecule has 0 radical (unpaired) electrons. The van der Waals surface area contributed by atoms with E-state index >= 15 is 0 Å². The third kappa shape index (κ3) is 4.23. The highest BCUT2D eigenvalue weighted by molar-refractivity contribution is 6.32. The van der Waals surface area contributed by atoms with Gasteiger partial charge in [-0.15, -0.1) is 0 Å². The van der Waals surface area contributed by atoms with Crippen LogP contribution in [0.2, 0.25) is 5.02 Å². The molecule has 0 atom stereocenters. The van der Waals surface area contributed by atoms with E-state index < -0.39 is 5.97 Å². The van der Waals surface area contributed by atoms with Crippen molar-refractivity contribution in [2.75, 3.05) is 6.61 Å². The molecule has 0 saturated carbocycles. The van der Waals surface area contributed by atoms with Gasteiger partial charge in [0.05, 0.1) is 5.02 Å². The molecule has 4 heteroatoms. The second-order valence-corrected chi connectivity index (χ2v) is 7.41. The van der Waals surface area contributed by atoms with Gasteiger partial charge in [-0.1, -0.05) is 49.7 Å². The number of fused-ring (bicyclic) bond motifs is 1. The molecular formula is C21H21ClO3. The summed E-state index contributed by atoms with van der Waals surface area (Å²) < 4.78 is 10.8. The number of hydrogen-bond donors (Lipinski definition) is 0. The van der Waals surface area contributed by atoms with Crippen LogP contribution in [-0.4, -0.2) is 12.6 Å². The van der Waals surface area contributed by atoms with Crippen molar-refractivity contribution in [1.82, 2.24) is 0 Å². The van der Waals surface area contributed by atoms with Crippen molar-refractivity contribution in [2.24, 2.45) is 5.41 Å². The lowest BCUT2D eigenvalue weighted by molar-refractivity contribution is -0.136. The molecule has 2 aromatic rings. The molecule has 0 aromatic heterocycles. The molecule has 0 unspecified atom stereocenters. The van der Waals surface area contributed by atoms with Gasteiger partial charge in [0.25, 0.3) is 0 Å². The molecule has 25 heavy (non-hydrogen) atoms. The van der Waals surface area contributed by atoms with Gasteiger partial charge in [0, 0.05) is 0 Å². The van der Waals surface area contributed by atoms with Crippen molar-refractivity contribution in [3.63, 3.8) is 0 Å². The molecule has 1 aliphatic rings. The van der Waals surface area contributed by atoms with Crippen LogP contribution in [0.25, 0.3) is 5.57 Å². The molecule has 0 fully saturated rings. The van der Waals surface area contributed by atoms with Crippen molar-refractivity contribution in [2.45, 2.75) is 27.2 Å². The number of hydrogen-bond acceptors (Lipinski definition) is 3. The van der Waals surface area contributed by atoms with Crippen molar-refractivity contribution >= 4 is 23.1 Å². The van der Waals surface area contributed by atoms with Crippen LogP contribution >= 0.6 is 11.6 Å². The fraction of sp³-hybridized carbons (Fsp3) is 0.286. The molecule has 130 valence electrons. The first-order valence-corrected chi connectivity index (χ1v) is 8.63. The lowest BCUT2D eigenvalue weighted by atomic mass is 9.76. The van der Waals surface area contributed by atoms with Gasteiger partial charge in [-0.25, -0.2) is 4.79 Å². The summed E-state index contributed by atoms with van der Waals surface area (Å²) in [4.78, 5) is 12.0. The molecule has 0 saturated heterocycles. The number of esters is 1. The Labute approximate surface area is 153 Å². The molecule has 0 aliphatic heterocycles. The number of carbonyl (C=O) groups is 1. The second-order valence-electron chi connectivity index (χ2n) is 7.00. The Bertz CT molecular complexity index is 837. The number of rotatable bonds is 4. The van der Waals surface area contributed by atoms with E-state index in [2.05, 4.69) is 26.8 Å². The average Bonchev–Trinajstić information content (AvgIpc) is 2.54. The molecule has 3 rings (SSSR count). The van der Waals surface area contributed by atoms with Crippen molar-refractivity contribution in [3.05, 3.63) is 64.7 Å². The maximum absolute atomic E-state index is 12.0. The van der Waals surface area contributed by atoms with E-state index in [0.717, 1.165) is 12.0 Å². The Kier molecular flexibility index (Phi) is 4.87. The van der Waals surface area contributed by atoms with E-state index in [1.54, 1.807) is 24.3 Å². The van der Waals surface area contributed by atoms with Crippen LogP contribution in [0.1, 0.15) is 31.9 Å².